The zero-order valence-corrected chi connectivity index (χ0v) is 13.1. The van der Waals surface area contributed by atoms with Gasteiger partial charge in [0, 0.05) is 39.1 Å². The van der Waals surface area contributed by atoms with Gasteiger partial charge in [0.15, 0.2) is 0 Å². The van der Waals surface area contributed by atoms with Crippen molar-refractivity contribution in [3.8, 4) is 0 Å². The number of aryl methyl sites for hydroxylation is 2. The first-order valence-corrected chi connectivity index (χ1v) is 7.70. The molecule has 0 unspecified atom stereocenters. The Morgan fingerprint density at radius 1 is 1.36 bits per heavy atom. The fraction of sp³-hybridized carbons (Fsp3) is 0.533. The van der Waals surface area contributed by atoms with Crippen LogP contribution in [0.25, 0.3) is 0 Å². The smallest absolute Gasteiger partial charge is 0.321 e. The van der Waals surface area contributed by atoms with Gasteiger partial charge in [0.25, 0.3) is 0 Å². The van der Waals surface area contributed by atoms with Crippen molar-refractivity contribution >= 4 is 11.7 Å². The third kappa shape index (κ3) is 3.29. The lowest BCUT2D eigenvalue weighted by Crippen LogP contribution is -2.33. The summed E-state index contributed by atoms with van der Waals surface area (Å²) in [6.45, 7) is 4.41. The molecule has 1 fully saturated rings. The summed E-state index contributed by atoms with van der Waals surface area (Å²) in [4.78, 5) is 14.2. The summed E-state index contributed by atoms with van der Waals surface area (Å²) in [5.74, 6) is 0.508. The van der Waals surface area contributed by atoms with Crippen molar-refractivity contribution in [3.05, 3.63) is 30.4 Å². The molecular weight excluding hydrogens is 280 g/mol. The Labute approximate surface area is 129 Å². The molecule has 0 bridgehead atoms. The number of amides is 2. The number of carbonyl (C=O) groups is 1. The minimum Gasteiger partial charge on any atom is -0.324 e. The lowest BCUT2D eigenvalue weighted by atomic mass is 10.0. The van der Waals surface area contributed by atoms with Crippen molar-refractivity contribution in [1.82, 2.24) is 24.5 Å². The van der Waals surface area contributed by atoms with Gasteiger partial charge in [0.05, 0.1) is 18.1 Å². The first-order chi connectivity index (χ1) is 10.6. The van der Waals surface area contributed by atoms with Crippen LogP contribution in [0.3, 0.4) is 0 Å². The summed E-state index contributed by atoms with van der Waals surface area (Å²) in [5.41, 5.74) is 1.99. The normalized spacial score (nSPS) is 17.9. The van der Waals surface area contributed by atoms with Crippen LogP contribution in [-0.4, -0.2) is 43.6 Å². The number of likely N-dealkylation sites (tertiary alicyclic amines) is 1. The third-order valence-electron chi connectivity index (χ3n) is 4.06. The van der Waals surface area contributed by atoms with Crippen LogP contribution in [0.15, 0.2) is 24.8 Å². The molecule has 0 aromatic carbocycles. The Bertz CT molecular complexity index is 646. The molecule has 1 aliphatic heterocycles. The van der Waals surface area contributed by atoms with Crippen LogP contribution >= 0.6 is 0 Å². The predicted molar refractivity (Wildman–Crippen MR) is 83.5 cm³/mol. The van der Waals surface area contributed by atoms with Gasteiger partial charge in [-0.25, -0.2) is 4.79 Å². The van der Waals surface area contributed by atoms with E-state index in [0.29, 0.717) is 5.92 Å². The average Bonchev–Trinajstić information content (AvgIpc) is 3.21. The Morgan fingerprint density at radius 2 is 2.23 bits per heavy atom. The molecule has 1 N–H and O–H groups in total. The summed E-state index contributed by atoms with van der Waals surface area (Å²) < 4.78 is 3.62. The maximum absolute atomic E-state index is 12.3. The molecule has 118 valence electrons. The van der Waals surface area contributed by atoms with E-state index in [1.54, 1.807) is 10.9 Å². The summed E-state index contributed by atoms with van der Waals surface area (Å²) in [5, 5.41) is 11.3. The fourth-order valence-corrected chi connectivity index (χ4v) is 2.90. The van der Waals surface area contributed by atoms with Crippen molar-refractivity contribution in [1.29, 1.82) is 0 Å². The number of aromatic nitrogens is 4. The van der Waals surface area contributed by atoms with E-state index in [1.807, 2.05) is 42.1 Å². The summed E-state index contributed by atoms with van der Waals surface area (Å²) in [6.07, 6.45) is 9.50. The molecule has 2 aromatic rings. The minimum absolute atomic E-state index is 0.0376. The van der Waals surface area contributed by atoms with E-state index in [4.69, 9.17) is 0 Å². The van der Waals surface area contributed by atoms with Gasteiger partial charge in [-0.1, -0.05) is 0 Å². The molecule has 1 saturated heterocycles. The Balaban J connectivity index is 1.52. The number of hydrogen-bond acceptors (Lipinski definition) is 3. The van der Waals surface area contributed by atoms with E-state index in [2.05, 4.69) is 15.5 Å². The molecule has 2 aromatic heterocycles. The predicted octanol–water partition coefficient (Wildman–Crippen LogP) is 1.73. The van der Waals surface area contributed by atoms with Gasteiger partial charge in [-0.2, -0.15) is 10.2 Å². The molecule has 3 heterocycles. The summed E-state index contributed by atoms with van der Waals surface area (Å²) in [7, 11) is 1.92. The van der Waals surface area contributed by atoms with Crippen molar-refractivity contribution < 1.29 is 4.79 Å². The SMILES string of the molecule is CCn1cc(NC(=O)N2CC[C@H](Cc3cnn(C)c3)C2)cn1. The van der Waals surface area contributed by atoms with E-state index >= 15 is 0 Å². The zero-order valence-electron chi connectivity index (χ0n) is 13.1. The molecule has 7 heteroatoms. The largest absolute Gasteiger partial charge is 0.324 e. The molecule has 7 nitrogen and oxygen atoms in total. The molecular formula is C15H22N6O. The number of urea groups is 1. The standard InChI is InChI=1S/C15H22N6O/c1-3-21-11-14(8-17-21)18-15(22)20-5-4-12(10-20)6-13-7-16-19(2)9-13/h7-9,11-12H,3-6,10H2,1-2H3,(H,18,22)/t12-/m1/s1. The van der Waals surface area contributed by atoms with E-state index in [9.17, 15) is 4.79 Å². The number of carbonyl (C=O) groups excluding carboxylic acids is 1. The molecule has 2 amide bonds. The average molecular weight is 302 g/mol. The van der Waals surface area contributed by atoms with Gasteiger partial charge in [-0.15, -0.1) is 0 Å². The van der Waals surface area contributed by atoms with Gasteiger partial charge >= 0.3 is 6.03 Å². The topological polar surface area (TPSA) is 68.0 Å². The first kappa shape index (κ1) is 14.6. The second kappa shape index (κ2) is 6.21. The Kier molecular flexibility index (Phi) is 4.13. The number of anilines is 1. The second-order valence-corrected chi connectivity index (χ2v) is 5.84. The molecule has 22 heavy (non-hydrogen) atoms. The first-order valence-electron chi connectivity index (χ1n) is 7.70. The zero-order chi connectivity index (χ0) is 15.5. The van der Waals surface area contributed by atoms with E-state index < -0.39 is 0 Å². The molecule has 1 aliphatic rings. The number of hydrogen-bond donors (Lipinski definition) is 1. The van der Waals surface area contributed by atoms with Gasteiger partial charge in [-0.3, -0.25) is 9.36 Å². The van der Waals surface area contributed by atoms with Gasteiger partial charge in [0.1, 0.15) is 0 Å². The van der Waals surface area contributed by atoms with Crippen LogP contribution in [0.5, 0.6) is 0 Å². The Hall–Kier alpha value is -2.31. The molecule has 0 radical (unpaired) electrons. The summed E-state index contributed by atoms with van der Waals surface area (Å²) in [6, 6.07) is -0.0376. The van der Waals surface area contributed by atoms with Crippen LogP contribution in [0.2, 0.25) is 0 Å². The van der Waals surface area contributed by atoms with Crippen molar-refractivity contribution in [2.24, 2.45) is 13.0 Å². The van der Waals surface area contributed by atoms with E-state index in [0.717, 1.165) is 38.2 Å². The maximum Gasteiger partial charge on any atom is 0.321 e. The maximum atomic E-state index is 12.3. The van der Waals surface area contributed by atoms with Crippen molar-refractivity contribution in [2.75, 3.05) is 18.4 Å². The molecule has 0 spiro atoms. The van der Waals surface area contributed by atoms with Crippen molar-refractivity contribution in [2.45, 2.75) is 26.3 Å². The number of nitrogens with one attached hydrogen (secondary N) is 1. The van der Waals surface area contributed by atoms with Crippen LogP contribution in [-0.2, 0) is 20.0 Å². The molecule has 1 atom stereocenters. The van der Waals surface area contributed by atoms with E-state index in [-0.39, 0.29) is 6.03 Å². The van der Waals surface area contributed by atoms with Crippen LogP contribution in [0, 0.1) is 5.92 Å². The monoisotopic (exact) mass is 302 g/mol. The van der Waals surface area contributed by atoms with Crippen LogP contribution in [0.1, 0.15) is 18.9 Å². The highest BCUT2D eigenvalue weighted by atomic mass is 16.2. The second-order valence-electron chi connectivity index (χ2n) is 5.84. The molecule has 0 saturated carbocycles. The summed E-state index contributed by atoms with van der Waals surface area (Å²) >= 11 is 0. The van der Waals surface area contributed by atoms with Crippen molar-refractivity contribution in [3.63, 3.8) is 0 Å². The van der Waals surface area contributed by atoms with Gasteiger partial charge in [-0.05, 0) is 31.2 Å². The lowest BCUT2D eigenvalue weighted by molar-refractivity contribution is 0.221. The highest BCUT2D eigenvalue weighted by molar-refractivity contribution is 5.89. The Morgan fingerprint density at radius 3 is 2.91 bits per heavy atom. The lowest BCUT2D eigenvalue weighted by Gasteiger charge is -2.16. The highest BCUT2D eigenvalue weighted by Crippen LogP contribution is 2.21. The minimum atomic E-state index is -0.0376. The quantitative estimate of drug-likeness (QED) is 0.935. The number of rotatable bonds is 4. The molecule has 0 aliphatic carbocycles. The third-order valence-corrected chi connectivity index (χ3v) is 4.06. The molecule has 3 rings (SSSR count). The van der Waals surface area contributed by atoms with Crippen LogP contribution in [0.4, 0.5) is 10.5 Å². The van der Waals surface area contributed by atoms with E-state index in [1.165, 1.54) is 5.56 Å². The van der Waals surface area contributed by atoms with Crippen LogP contribution < -0.4 is 5.32 Å². The fourth-order valence-electron chi connectivity index (χ4n) is 2.90. The van der Waals surface area contributed by atoms with Gasteiger partial charge in [0.2, 0.25) is 0 Å². The highest BCUT2D eigenvalue weighted by Gasteiger charge is 2.26. The number of nitrogens with zero attached hydrogens (tertiary/aromatic N) is 5. The van der Waals surface area contributed by atoms with Gasteiger partial charge < -0.3 is 10.2 Å².